The molecule has 3 aromatic rings. The SMILES string of the molecule is CNC(=O)Cn1c(C(=O)N2CCOCC2)c(CN2CCC(c3c(F)cccc3Cl)CC2)c2ccccc21. The Hall–Kier alpha value is -2.94. The first-order chi connectivity index (χ1) is 18.0. The third kappa shape index (κ3) is 5.23. The van der Waals surface area contributed by atoms with Crippen molar-refractivity contribution in [1.82, 2.24) is 19.7 Å². The molecule has 2 fully saturated rings. The Morgan fingerprint density at radius 1 is 1.05 bits per heavy atom. The molecular formula is C28H32ClFN4O3. The molecule has 0 radical (unpaired) electrons. The summed E-state index contributed by atoms with van der Waals surface area (Å²) in [6.45, 7) is 4.21. The van der Waals surface area contributed by atoms with E-state index in [0.717, 1.165) is 42.4 Å². The highest BCUT2D eigenvalue weighted by molar-refractivity contribution is 6.31. The van der Waals surface area contributed by atoms with E-state index >= 15 is 0 Å². The number of rotatable bonds is 6. The third-order valence-corrected chi connectivity index (χ3v) is 7.86. The molecule has 0 unspecified atom stereocenters. The molecular weight excluding hydrogens is 495 g/mol. The summed E-state index contributed by atoms with van der Waals surface area (Å²) in [7, 11) is 1.60. The number of nitrogens with zero attached hydrogens (tertiary/aromatic N) is 3. The summed E-state index contributed by atoms with van der Waals surface area (Å²) in [6.07, 6.45) is 1.56. The van der Waals surface area contributed by atoms with E-state index in [1.165, 1.54) is 6.07 Å². The molecule has 3 heterocycles. The van der Waals surface area contributed by atoms with Gasteiger partial charge in [-0.1, -0.05) is 35.9 Å². The van der Waals surface area contributed by atoms with Crippen molar-refractivity contribution >= 4 is 34.3 Å². The molecule has 2 aliphatic heterocycles. The summed E-state index contributed by atoms with van der Waals surface area (Å²) in [6, 6.07) is 12.7. The van der Waals surface area contributed by atoms with Gasteiger partial charge in [-0.25, -0.2) is 4.39 Å². The van der Waals surface area contributed by atoms with E-state index in [0.29, 0.717) is 49.1 Å². The highest BCUT2D eigenvalue weighted by atomic mass is 35.5. The van der Waals surface area contributed by atoms with Crippen molar-refractivity contribution in [3.05, 3.63) is 70.1 Å². The number of hydrogen-bond donors (Lipinski definition) is 1. The van der Waals surface area contributed by atoms with E-state index in [9.17, 15) is 14.0 Å². The van der Waals surface area contributed by atoms with Crippen molar-refractivity contribution in [2.45, 2.75) is 31.8 Å². The second-order valence-corrected chi connectivity index (χ2v) is 10.1. The van der Waals surface area contributed by atoms with Gasteiger partial charge in [0, 0.05) is 53.7 Å². The summed E-state index contributed by atoms with van der Waals surface area (Å²) >= 11 is 6.34. The van der Waals surface area contributed by atoms with Gasteiger partial charge in [0.1, 0.15) is 18.1 Å². The number of piperidine rings is 1. The van der Waals surface area contributed by atoms with Gasteiger partial charge in [0.25, 0.3) is 5.91 Å². The predicted molar refractivity (Wildman–Crippen MR) is 141 cm³/mol. The van der Waals surface area contributed by atoms with Gasteiger partial charge in [0.2, 0.25) is 5.91 Å². The third-order valence-electron chi connectivity index (χ3n) is 7.53. The molecule has 2 aliphatic rings. The zero-order chi connectivity index (χ0) is 25.9. The van der Waals surface area contributed by atoms with Crippen LogP contribution in [0.1, 0.15) is 40.4 Å². The van der Waals surface area contributed by atoms with Gasteiger partial charge >= 0.3 is 0 Å². The van der Waals surface area contributed by atoms with Gasteiger partial charge in [-0.15, -0.1) is 0 Å². The largest absolute Gasteiger partial charge is 0.378 e. The van der Waals surface area contributed by atoms with Gasteiger partial charge in [0.05, 0.1) is 13.2 Å². The van der Waals surface area contributed by atoms with Gasteiger partial charge < -0.3 is 19.5 Å². The average Bonchev–Trinajstić information content (AvgIpc) is 3.22. The zero-order valence-electron chi connectivity index (χ0n) is 21.0. The van der Waals surface area contributed by atoms with E-state index in [1.54, 1.807) is 19.2 Å². The van der Waals surface area contributed by atoms with Crippen molar-refractivity contribution < 1.29 is 18.7 Å². The minimum Gasteiger partial charge on any atom is -0.378 e. The summed E-state index contributed by atoms with van der Waals surface area (Å²) in [5, 5.41) is 4.14. The number of benzene rings is 2. The molecule has 0 spiro atoms. The first-order valence-corrected chi connectivity index (χ1v) is 13.2. The van der Waals surface area contributed by atoms with E-state index in [1.807, 2.05) is 33.7 Å². The lowest BCUT2D eigenvalue weighted by molar-refractivity contribution is -0.121. The lowest BCUT2D eigenvalue weighted by atomic mass is 9.88. The second kappa shape index (κ2) is 11.2. The van der Waals surface area contributed by atoms with Crippen LogP contribution in [-0.4, -0.2) is 72.6 Å². The number of ether oxygens (including phenoxy) is 1. The number of carbonyl (C=O) groups excluding carboxylic acids is 2. The van der Waals surface area contributed by atoms with Crippen molar-refractivity contribution in [3.63, 3.8) is 0 Å². The summed E-state index contributed by atoms with van der Waals surface area (Å²) < 4.78 is 21.8. The highest BCUT2D eigenvalue weighted by Gasteiger charge is 2.31. The van der Waals surface area contributed by atoms with Crippen molar-refractivity contribution in [3.8, 4) is 0 Å². The maximum atomic E-state index is 14.5. The van der Waals surface area contributed by atoms with E-state index in [2.05, 4.69) is 10.2 Å². The Bertz CT molecular complexity index is 1280. The molecule has 2 saturated heterocycles. The molecule has 1 aromatic heterocycles. The molecule has 196 valence electrons. The van der Waals surface area contributed by atoms with Gasteiger partial charge in [-0.2, -0.15) is 0 Å². The number of para-hydroxylation sites is 1. The second-order valence-electron chi connectivity index (χ2n) is 9.69. The lowest BCUT2D eigenvalue weighted by Crippen LogP contribution is -2.42. The fraction of sp³-hybridized carbons (Fsp3) is 0.429. The number of nitrogens with one attached hydrogen (secondary N) is 1. The van der Waals surface area contributed by atoms with Gasteiger partial charge in [-0.3, -0.25) is 14.5 Å². The van der Waals surface area contributed by atoms with Crippen LogP contribution >= 0.6 is 11.6 Å². The monoisotopic (exact) mass is 526 g/mol. The predicted octanol–water partition coefficient (Wildman–Crippen LogP) is 4.03. The van der Waals surface area contributed by atoms with Crippen LogP contribution in [0, 0.1) is 5.82 Å². The maximum absolute atomic E-state index is 14.5. The summed E-state index contributed by atoms with van der Waals surface area (Å²) in [5.74, 6) is -0.423. The number of fused-ring (bicyclic) bond motifs is 1. The van der Waals surface area contributed by atoms with Crippen LogP contribution in [-0.2, 0) is 22.6 Å². The van der Waals surface area contributed by atoms with Crippen LogP contribution in [0.15, 0.2) is 42.5 Å². The van der Waals surface area contributed by atoms with Crippen LogP contribution in [0.2, 0.25) is 5.02 Å². The fourth-order valence-corrected chi connectivity index (χ4v) is 5.90. The number of aromatic nitrogens is 1. The Labute approximate surface area is 221 Å². The van der Waals surface area contributed by atoms with Crippen LogP contribution < -0.4 is 5.32 Å². The maximum Gasteiger partial charge on any atom is 0.271 e. The van der Waals surface area contributed by atoms with E-state index < -0.39 is 0 Å². The number of amides is 2. The molecule has 9 heteroatoms. The number of likely N-dealkylation sites (tertiary alicyclic amines) is 1. The molecule has 2 aromatic carbocycles. The molecule has 7 nitrogen and oxygen atoms in total. The molecule has 0 saturated carbocycles. The van der Waals surface area contributed by atoms with E-state index in [-0.39, 0.29) is 30.1 Å². The highest BCUT2D eigenvalue weighted by Crippen LogP contribution is 2.36. The van der Waals surface area contributed by atoms with Gasteiger partial charge in [0.15, 0.2) is 0 Å². The first kappa shape index (κ1) is 25.7. The average molecular weight is 527 g/mol. The first-order valence-electron chi connectivity index (χ1n) is 12.8. The molecule has 2 amide bonds. The molecule has 37 heavy (non-hydrogen) atoms. The molecule has 0 aliphatic carbocycles. The molecule has 0 atom stereocenters. The Morgan fingerprint density at radius 2 is 1.78 bits per heavy atom. The lowest BCUT2D eigenvalue weighted by Gasteiger charge is -2.33. The van der Waals surface area contributed by atoms with Crippen molar-refractivity contribution in [1.29, 1.82) is 0 Å². The number of hydrogen-bond acceptors (Lipinski definition) is 4. The number of halogens is 2. The Morgan fingerprint density at radius 3 is 2.49 bits per heavy atom. The summed E-state index contributed by atoms with van der Waals surface area (Å²) in [5.41, 5.74) is 2.96. The summed E-state index contributed by atoms with van der Waals surface area (Å²) in [4.78, 5) is 30.5. The van der Waals surface area contributed by atoms with Crippen LogP contribution in [0.25, 0.3) is 10.9 Å². The standard InChI is InChI=1S/C28H32ClFN4O3/c1-31-25(35)18-34-24-8-3-2-5-20(24)21(27(34)28(36)33-13-15-37-16-14-33)17-32-11-9-19(10-12-32)26-22(29)6-4-7-23(26)30/h2-8,19H,9-18H2,1H3,(H,31,35). The molecule has 1 N–H and O–H groups in total. The van der Waals surface area contributed by atoms with Crippen LogP contribution in [0.4, 0.5) is 4.39 Å². The normalized spacial score (nSPS) is 17.3. The number of carbonyl (C=O) groups is 2. The fourth-order valence-electron chi connectivity index (χ4n) is 5.59. The van der Waals surface area contributed by atoms with Crippen LogP contribution in [0.3, 0.4) is 0 Å². The topological polar surface area (TPSA) is 66.8 Å². The van der Waals surface area contributed by atoms with Crippen molar-refractivity contribution in [2.75, 3.05) is 46.4 Å². The minimum atomic E-state index is -0.249. The smallest absolute Gasteiger partial charge is 0.271 e. The zero-order valence-corrected chi connectivity index (χ0v) is 21.8. The van der Waals surface area contributed by atoms with Crippen LogP contribution in [0.5, 0.6) is 0 Å². The molecule has 5 rings (SSSR count). The van der Waals surface area contributed by atoms with Gasteiger partial charge in [-0.05, 0) is 50.0 Å². The molecule has 0 bridgehead atoms. The Kier molecular flexibility index (Phi) is 7.79. The van der Waals surface area contributed by atoms with E-state index in [4.69, 9.17) is 16.3 Å². The number of likely N-dealkylation sites (N-methyl/N-ethyl adjacent to an activating group) is 1. The quantitative estimate of drug-likeness (QED) is 0.526. The number of morpholine rings is 1. The minimum absolute atomic E-state index is 0.0639. The van der Waals surface area contributed by atoms with Crippen molar-refractivity contribution in [2.24, 2.45) is 0 Å². The Balaban J connectivity index is 1.46.